The molecule has 2 saturated carbocycles. The van der Waals surface area contributed by atoms with Gasteiger partial charge in [0.25, 0.3) is 0 Å². The molecule has 6 nitrogen and oxygen atoms in total. The van der Waals surface area contributed by atoms with E-state index >= 15 is 0 Å². The van der Waals surface area contributed by atoms with E-state index in [1.165, 1.54) is 12.8 Å². The van der Waals surface area contributed by atoms with Crippen LogP contribution in [-0.4, -0.2) is 72.1 Å². The lowest BCUT2D eigenvalue weighted by molar-refractivity contribution is -0.140. The summed E-state index contributed by atoms with van der Waals surface area (Å²) in [5.74, 6) is 0.0340. The number of nitrogens with one attached hydrogen (secondary N) is 1. The van der Waals surface area contributed by atoms with Crippen molar-refractivity contribution < 1.29 is 14.7 Å². The van der Waals surface area contributed by atoms with Crippen molar-refractivity contribution in [1.29, 1.82) is 0 Å². The van der Waals surface area contributed by atoms with E-state index < -0.39 is 5.97 Å². The zero-order chi connectivity index (χ0) is 17.0. The van der Waals surface area contributed by atoms with Crippen LogP contribution in [0.25, 0.3) is 0 Å². The van der Waals surface area contributed by atoms with Crippen molar-refractivity contribution in [2.45, 2.75) is 63.6 Å². The number of carbonyl (C=O) groups is 2. The molecule has 0 bridgehead atoms. The highest BCUT2D eigenvalue weighted by Gasteiger charge is 2.38. The summed E-state index contributed by atoms with van der Waals surface area (Å²) >= 11 is 0. The Hall–Kier alpha value is -1.14. The Morgan fingerprint density at radius 3 is 2.39 bits per heavy atom. The second-order valence-electron chi connectivity index (χ2n) is 7.37. The number of rotatable bonds is 10. The van der Waals surface area contributed by atoms with Crippen molar-refractivity contribution in [3.8, 4) is 0 Å². The third-order valence-electron chi connectivity index (χ3n) is 4.99. The predicted octanol–water partition coefficient (Wildman–Crippen LogP) is 1.16. The lowest BCUT2D eigenvalue weighted by Gasteiger charge is -2.43. The van der Waals surface area contributed by atoms with Crippen molar-refractivity contribution in [1.82, 2.24) is 15.1 Å². The normalized spacial score (nSPS) is 25.3. The molecular weight excluding hydrogens is 294 g/mol. The molecule has 2 aliphatic rings. The molecule has 1 atom stereocenters. The SMILES string of the molecule is CCCC(C(=O)NC1CC(N(CC(=O)O)CC2CC2)C1)N(C)C. The van der Waals surface area contributed by atoms with Gasteiger partial charge in [-0.15, -0.1) is 0 Å². The number of hydrogen-bond acceptors (Lipinski definition) is 4. The number of nitrogens with zero attached hydrogens (tertiary/aromatic N) is 2. The average Bonchev–Trinajstić information content (AvgIpc) is 3.21. The van der Waals surface area contributed by atoms with E-state index in [0.717, 1.165) is 32.2 Å². The molecule has 2 fully saturated rings. The van der Waals surface area contributed by atoms with Crippen LogP contribution in [0.2, 0.25) is 0 Å². The average molecular weight is 325 g/mol. The summed E-state index contributed by atoms with van der Waals surface area (Å²) in [5.41, 5.74) is 0. The van der Waals surface area contributed by atoms with E-state index in [2.05, 4.69) is 17.1 Å². The fraction of sp³-hybridized carbons (Fsp3) is 0.882. The van der Waals surface area contributed by atoms with Gasteiger partial charge in [-0.3, -0.25) is 19.4 Å². The highest BCUT2D eigenvalue weighted by molar-refractivity contribution is 5.82. The lowest BCUT2D eigenvalue weighted by atomic mass is 9.85. The van der Waals surface area contributed by atoms with E-state index in [-0.39, 0.29) is 24.5 Å². The monoisotopic (exact) mass is 325 g/mol. The summed E-state index contributed by atoms with van der Waals surface area (Å²) in [6.07, 6.45) is 6.05. The molecule has 23 heavy (non-hydrogen) atoms. The molecule has 2 rings (SSSR count). The first-order chi connectivity index (χ1) is 10.9. The quantitative estimate of drug-likeness (QED) is 0.631. The highest BCUT2D eigenvalue weighted by atomic mass is 16.4. The maximum atomic E-state index is 12.4. The molecule has 0 radical (unpaired) electrons. The van der Waals surface area contributed by atoms with Crippen LogP contribution in [0.5, 0.6) is 0 Å². The number of aliphatic carboxylic acids is 1. The molecule has 0 heterocycles. The van der Waals surface area contributed by atoms with Gasteiger partial charge in [-0.1, -0.05) is 13.3 Å². The van der Waals surface area contributed by atoms with Crippen molar-refractivity contribution in [3.05, 3.63) is 0 Å². The first-order valence-electron chi connectivity index (χ1n) is 8.83. The van der Waals surface area contributed by atoms with Gasteiger partial charge in [0.15, 0.2) is 0 Å². The molecule has 0 aromatic rings. The third kappa shape index (κ3) is 5.46. The second-order valence-corrected chi connectivity index (χ2v) is 7.37. The third-order valence-corrected chi connectivity index (χ3v) is 4.99. The Labute approximate surface area is 139 Å². The number of carboxylic acids is 1. The minimum atomic E-state index is -0.756. The largest absolute Gasteiger partial charge is 0.480 e. The van der Waals surface area contributed by atoms with Gasteiger partial charge in [0.1, 0.15) is 0 Å². The maximum absolute atomic E-state index is 12.4. The van der Waals surface area contributed by atoms with Crippen molar-refractivity contribution in [2.75, 3.05) is 27.2 Å². The molecule has 1 amide bonds. The minimum Gasteiger partial charge on any atom is -0.480 e. The summed E-state index contributed by atoms with van der Waals surface area (Å²) in [6, 6.07) is 0.434. The molecule has 0 saturated heterocycles. The minimum absolute atomic E-state index is 0.0689. The Bertz CT molecular complexity index is 417. The van der Waals surface area contributed by atoms with Gasteiger partial charge in [0.05, 0.1) is 12.6 Å². The number of likely N-dealkylation sites (N-methyl/N-ethyl adjacent to an activating group) is 1. The Kier molecular flexibility index (Phi) is 6.41. The van der Waals surface area contributed by atoms with Gasteiger partial charge in [0.2, 0.25) is 5.91 Å². The number of carbonyl (C=O) groups excluding carboxylic acids is 1. The molecule has 0 aromatic heterocycles. The van der Waals surface area contributed by atoms with Crippen LogP contribution in [-0.2, 0) is 9.59 Å². The zero-order valence-corrected chi connectivity index (χ0v) is 14.6. The van der Waals surface area contributed by atoms with Crippen LogP contribution in [0.15, 0.2) is 0 Å². The summed E-state index contributed by atoms with van der Waals surface area (Å²) in [6.45, 7) is 3.11. The first kappa shape index (κ1) is 18.2. The van der Waals surface area contributed by atoms with E-state index in [9.17, 15) is 9.59 Å². The lowest BCUT2D eigenvalue weighted by Crippen LogP contribution is -2.57. The van der Waals surface area contributed by atoms with Crippen LogP contribution in [0.4, 0.5) is 0 Å². The van der Waals surface area contributed by atoms with E-state index in [1.54, 1.807) is 0 Å². The van der Waals surface area contributed by atoms with E-state index in [1.807, 2.05) is 19.0 Å². The second kappa shape index (κ2) is 8.11. The van der Waals surface area contributed by atoms with Crippen LogP contribution >= 0.6 is 0 Å². The molecule has 0 aliphatic heterocycles. The fourth-order valence-corrected chi connectivity index (χ4v) is 3.35. The molecule has 0 spiro atoms. The number of hydrogen-bond donors (Lipinski definition) is 2. The highest BCUT2D eigenvalue weighted by Crippen LogP contribution is 2.33. The van der Waals surface area contributed by atoms with Crippen LogP contribution in [0, 0.1) is 5.92 Å². The van der Waals surface area contributed by atoms with Gasteiger partial charge in [0, 0.05) is 18.6 Å². The number of amides is 1. The molecular formula is C17H31N3O3. The van der Waals surface area contributed by atoms with Crippen molar-refractivity contribution in [3.63, 3.8) is 0 Å². The summed E-state index contributed by atoms with van der Waals surface area (Å²) in [4.78, 5) is 27.5. The standard InChI is InChI=1S/C17H31N3O3/c1-4-5-15(19(2)3)17(23)18-13-8-14(9-13)20(11-16(21)22)10-12-6-7-12/h12-15H,4-11H2,1-3H3,(H,18,23)(H,21,22). The maximum Gasteiger partial charge on any atom is 0.317 e. The van der Waals surface area contributed by atoms with Gasteiger partial charge in [-0.25, -0.2) is 0 Å². The number of carboxylic acid groups (broad SMARTS) is 1. The molecule has 2 aliphatic carbocycles. The van der Waals surface area contributed by atoms with Crippen molar-refractivity contribution in [2.24, 2.45) is 5.92 Å². The van der Waals surface area contributed by atoms with Crippen molar-refractivity contribution >= 4 is 11.9 Å². The Morgan fingerprint density at radius 2 is 1.91 bits per heavy atom. The van der Waals surface area contributed by atoms with Crippen LogP contribution in [0.1, 0.15) is 45.4 Å². The smallest absolute Gasteiger partial charge is 0.317 e. The van der Waals surface area contributed by atoms with Gasteiger partial charge in [-0.05, 0) is 52.1 Å². The summed E-state index contributed by atoms with van der Waals surface area (Å²) < 4.78 is 0. The predicted molar refractivity (Wildman–Crippen MR) is 89.3 cm³/mol. The van der Waals surface area contributed by atoms with Crippen LogP contribution < -0.4 is 5.32 Å². The molecule has 2 N–H and O–H groups in total. The summed E-state index contributed by atoms with van der Waals surface area (Å²) in [5, 5.41) is 12.2. The van der Waals surface area contributed by atoms with E-state index in [4.69, 9.17) is 5.11 Å². The molecule has 132 valence electrons. The van der Waals surface area contributed by atoms with Gasteiger partial charge < -0.3 is 10.4 Å². The topological polar surface area (TPSA) is 72.9 Å². The van der Waals surface area contributed by atoms with E-state index in [0.29, 0.717) is 12.0 Å². The molecule has 6 heteroatoms. The van der Waals surface area contributed by atoms with Gasteiger partial charge in [-0.2, -0.15) is 0 Å². The first-order valence-corrected chi connectivity index (χ1v) is 8.83. The zero-order valence-electron chi connectivity index (χ0n) is 14.6. The molecule has 0 aromatic carbocycles. The molecule has 1 unspecified atom stereocenters. The Balaban J connectivity index is 1.77. The van der Waals surface area contributed by atoms with Crippen LogP contribution in [0.3, 0.4) is 0 Å². The fourth-order valence-electron chi connectivity index (χ4n) is 3.35. The van der Waals surface area contributed by atoms with Gasteiger partial charge >= 0.3 is 5.97 Å². The summed E-state index contributed by atoms with van der Waals surface area (Å²) in [7, 11) is 3.88. The Morgan fingerprint density at radius 1 is 1.26 bits per heavy atom.